The Balaban J connectivity index is 1.69. The van der Waals surface area contributed by atoms with Crippen LogP contribution < -0.4 is 4.90 Å². The molecule has 0 spiro atoms. The van der Waals surface area contributed by atoms with Crippen molar-refractivity contribution in [2.45, 2.75) is 25.7 Å². The van der Waals surface area contributed by atoms with Crippen LogP contribution in [0.2, 0.25) is 0 Å². The molecule has 0 unspecified atom stereocenters. The lowest BCUT2D eigenvalue weighted by molar-refractivity contribution is 0.299. The number of nitrogens with one attached hydrogen (secondary N) is 1. The monoisotopic (exact) mass is 243 g/mol. The van der Waals surface area contributed by atoms with E-state index >= 15 is 0 Å². The summed E-state index contributed by atoms with van der Waals surface area (Å²) in [5, 5.41) is 0. The summed E-state index contributed by atoms with van der Waals surface area (Å²) in [6, 6.07) is 0. The zero-order chi connectivity index (χ0) is 11.9. The van der Waals surface area contributed by atoms with E-state index in [0.717, 1.165) is 41.9 Å². The zero-order valence-corrected chi connectivity index (χ0v) is 10.3. The van der Waals surface area contributed by atoms with Crippen LogP contribution in [0.25, 0.3) is 11.2 Å². The first-order valence-electron chi connectivity index (χ1n) is 6.81. The fourth-order valence-electron chi connectivity index (χ4n) is 3.57. The quantitative estimate of drug-likeness (QED) is 0.832. The van der Waals surface area contributed by atoms with Crippen molar-refractivity contribution in [2.24, 2.45) is 11.8 Å². The van der Waals surface area contributed by atoms with Crippen LogP contribution in [0, 0.1) is 11.8 Å². The van der Waals surface area contributed by atoms with Crippen molar-refractivity contribution in [3.8, 4) is 0 Å². The minimum atomic E-state index is 0.773. The highest BCUT2D eigenvalue weighted by atomic mass is 15.2. The van der Waals surface area contributed by atoms with E-state index in [9.17, 15) is 0 Å². The largest absolute Gasteiger partial charge is 0.354 e. The van der Waals surface area contributed by atoms with Gasteiger partial charge in [0.25, 0.3) is 0 Å². The summed E-state index contributed by atoms with van der Waals surface area (Å²) in [5.74, 6) is 2.77. The van der Waals surface area contributed by atoms with E-state index in [4.69, 9.17) is 0 Å². The number of aromatic nitrogens is 4. The molecule has 94 valence electrons. The van der Waals surface area contributed by atoms with Crippen molar-refractivity contribution in [1.29, 1.82) is 0 Å². The highest BCUT2D eigenvalue weighted by Gasteiger charge is 2.35. The van der Waals surface area contributed by atoms with Crippen molar-refractivity contribution in [3.05, 3.63) is 12.7 Å². The Hall–Kier alpha value is -1.65. The fraction of sp³-hybridized carbons (Fsp3) is 0.615. The molecule has 4 rings (SSSR count). The van der Waals surface area contributed by atoms with E-state index < -0.39 is 0 Å². The highest BCUT2D eigenvalue weighted by Crippen LogP contribution is 2.38. The summed E-state index contributed by atoms with van der Waals surface area (Å²) in [6.45, 7) is 2.30. The summed E-state index contributed by atoms with van der Waals surface area (Å²) in [6.07, 6.45) is 8.90. The summed E-state index contributed by atoms with van der Waals surface area (Å²) in [4.78, 5) is 18.4. The van der Waals surface area contributed by atoms with Gasteiger partial charge in [-0.3, -0.25) is 0 Å². The molecule has 1 saturated carbocycles. The summed E-state index contributed by atoms with van der Waals surface area (Å²) >= 11 is 0. The van der Waals surface area contributed by atoms with Gasteiger partial charge in [-0.2, -0.15) is 0 Å². The number of nitrogens with zero attached hydrogens (tertiary/aromatic N) is 4. The van der Waals surface area contributed by atoms with Crippen LogP contribution in [-0.2, 0) is 0 Å². The zero-order valence-electron chi connectivity index (χ0n) is 10.3. The molecule has 0 amide bonds. The first-order chi connectivity index (χ1) is 8.92. The highest BCUT2D eigenvalue weighted by molar-refractivity contribution is 5.82. The normalized spacial score (nSPS) is 27.7. The molecule has 1 aliphatic carbocycles. The molecule has 2 aromatic heterocycles. The van der Waals surface area contributed by atoms with Crippen LogP contribution in [0.1, 0.15) is 25.7 Å². The lowest BCUT2D eigenvalue weighted by Gasteiger charge is -2.22. The van der Waals surface area contributed by atoms with E-state index in [1.807, 2.05) is 0 Å². The van der Waals surface area contributed by atoms with E-state index in [1.54, 1.807) is 12.7 Å². The second-order valence-corrected chi connectivity index (χ2v) is 5.51. The minimum Gasteiger partial charge on any atom is -0.354 e. The van der Waals surface area contributed by atoms with Crippen molar-refractivity contribution >= 4 is 17.0 Å². The lowest BCUT2D eigenvalue weighted by Crippen LogP contribution is -2.21. The summed E-state index contributed by atoms with van der Waals surface area (Å²) in [7, 11) is 0. The van der Waals surface area contributed by atoms with Gasteiger partial charge in [0.2, 0.25) is 0 Å². The van der Waals surface area contributed by atoms with E-state index in [-0.39, 0.29) is 0 Å². The van der Waals surface area contributed by atoms with Crippen LogP contribution in [-0.4, -0.2) is 33.0 Å². The number of H-pyrrole nitrogens is 1. The van der Waals surface area contributed by atoms with Crippen LogP contribution in [0.3, 0.4) is 0 Å². The second-order valence-electron chi connectivity index (χ2n) is 5.51. The van der Waals surface area contributed by atoms with Gasteiger partial charge < -0.3 is 9.88 Å². The molecule has 0 radical (unpaired) electrons. The first-order valence-corrected chi connectivity index (χ1v) is 6.81. The van der Waals surface area contributed by atoms with Crippen molar-refractivity contribution < 1.29 is 0 Å². The van der Waals surface area contributed by atoms with E-state index in [1.165, 1.54) is 25.7 Å². The number of anilines is 1. The van der Waals surface area contributed by atoms with Crippen molar-refractivity contribution in [1.82, 2.24) is 19.9 Å². The predicted octanol–water partition coefficient (Wildman–Crippen LogP) is 1.98. The third kappa shape index (κ3) is 1.50. The first kappa shape index (κ1) is 10.3. The Morgan fingerprint density at radius 3 is 2.61 bits per heavy atom. The van der Waals surface area contributed by atoms with Gasteiger partial charge in [0, 0.05) is 13.1 Å². The molecule has 1 aliphatic heterocycles. The van der Waals surface area contributed by atoms with Gasteiger partial charge in [-0.15, -0.1) is 0 Å². The molecule has 2 fully saturated rings. The van der Waals surface area contributed by atoms with Crippen molar-refractivity contribution in [3.63, 3.8) is 0 Å². The minimum absolute atomic E-state index is 0.773. The standard InChI is InChI=1S/C13H17N5/c1-2-4-10-6-18(5-9(10)3-1)13-11-12(15-7-14-11)16-8-17-13/h7-10H,1-6H2,(H,14,15,16,17)/t9-,10-/m0/s1. The predicted molar refractivity (Wildman–Crippen MR) is 69.3 cm³/mol. The Morgan fingerprint density at radius 2 is 1.83 bits per heavy atom. The molecule has 2 atom stereocenters. The van der Waals surface area contributed by atoms with E-state index in [2.05, 4.69) is 24.8 Å². The third-order valence-corrected chi connectivity index (χ3v) is 4.48. The second kappa shape index (κ2) is 3.93. The topological polar surface area (TPSA) is 57.7 Å². The van der Waals surface area contributed by atoms with E-state index in [0.29, 0.717) is 0 Å². The maximum atomic E-state index is 4.46. The smallest absolute Gasteiger partial charge is 0.182 e. The van der Waals surface area contributed by atoms with Gasteiger partial charge in [0.15, 0.2) is 11.5 Å². The molecule has 5 nitrogen and oxygen atoms in total. The van der Waals surface area contributed by atoms with Crippen molar-refractivity contribution in [2.75, 3.05) is 18.0 Å². The maximum absolute atomic E-state index is 4.46. The van der Waals surface area contributed by atoms with Gasteiger partial charge in [0.05, 0.1) is 6.33 Å². The molecule has 0 bridgehead atoms. The molecule has 0 aromatic carbocycles. The Kier molecular flexibility index (Phi) is 2.25. The molecular formula is C13H17N5. The van der Waals surface area contributed by atoms with Gasteiger partial charge >= 0.3 is 0 Å². The molecule has 5 heteroatoms. The fourth-order valence-corrected chi connectivity index (χ4v) is 3.57. The molecule has 3 heterocycles. The Labute approximate surface area is 106 Å². The Bertz CT molecular complexity index is 549. The number of hydrogen-bond donors (Lipinski definition) is 1. The van der Waals surface area contributed by atoms with Gasteiger partial charge in [-0.1, -0.05) is 12.8 Å². The number of aromatic amines is 1. The van der Waals surface area contributed by atoms with Crippen LogP contribution >= 0.6 is 0 Å². The SMILES string of the molecule is c1nc(N2C[C@@H]3CCCC[C@H]3C2)c2[nH]cnc2n1. The lowest BCUT2D eigenvalue weighted by atomic mass is 9.82. The number of imidazole rings is 1. The number of rotatable bonds is 1. The van der Waals surface area contributed by atoms with Gasteiger partial charge in [-0.25, -0.2) is 15.0 Å². The summed E-state index contributed by atoms with van der Waals surface area (Å²) in [5.41, 5.74) is 1.76. The molecule has 1 N–H and O–H groups in total. The summed E-state index contributed by atoms with van der Waals surface area (Å²) < 4.78 is 0. The molecule has 1 saturated heterocycles. The molecule has 2 aromatic rings. The molecular weight excluding hydrogens is 226 g/mol. The van der Waals surface area contributed by atoms with Gasteiger partial charge in [0.1, 0.15) is 11.8 Å². The number of hydrogen-bond acceptors (Lipinski definition) is 4. The van der Waals surface area contributed by atoms with Crippen LogP contribution in [0.5, 0.6) is 0 Å². The molecule has 2 aliphatic rings. The van der Waals surface area contributed by atoms with Gasteiger partial charge in [-0.05, 0) is 24.7 Å². The third-order valence-electron chi connectivity index (χ3n) is 4.48. The average Bonchev–Trinajstić information content (AvgIpc) is 3.04. The van der Waals surface area contributed by atoms with Crippen LogP contribution in [0.4, 0.5) is 5.82 Å². The molecule has 18 heavy (non-hydrogen) atoms. The average molecular weight is 243 g/mol. The van der Waals surface area contributed by atoms with Crippen LogP contribution in [0.15, 0.2) is 12.7 Å². The Morgan fingerprint density at radius 1 is 1.06 bits per heavy atom. The number of fused-ring (bicyclic) bond motifs is 2. The maximum Gasteiger partial charge on any atom is 0.182 e.